The van der Waals surface area contributed by atoms with Gasteiger partial charge in [-0.15, -0.1) is 0 Å². The lowest BCUT2D eigenvalue weighted by molar-refractivity contribution is 0.0863. The topological polar surface area (TPSA) is 69.6 Å². The van der Waals surface area contributed by atoms with Gasteiger partial charge in [0.2, 0.25) is 0 Å². The second-order valence-corrected chi connectivity index (χ2v) is 6.28. The van der Waals surface area contributed by atoms with Gasteiger partial charge in [0.15, 0.2) is 0 Å². The van der Waals surface area contributed by atoms with Gasteiger partial charge in [-0.3, -0.25) is 9.59 Å². The van der Waals surface area contributed by atoms with Crippen molar-refractivity contribution in [1.29, 1.82) is 0 Å². The van der Waals surface area contributed by atoms with Crippen molar-refractivity contribution in [2.45, 2.75) is 13.5 Å². The molecule has 3 aromatic rings. The molecule has 0 aliphatic rings. The minimum atomic E-state index is -0.559. The monoisotopic (exact) mass is 398 g/mol. The lowest BCUT2D eigenvalue weighted by atomic mass is 10.2. The number of carbonyl (C=O) groups excluding carboxylic acids is 1. The summed E-state index contributed by atoms with van der Waals surface area (Å²) in [7, 11) is 0. The molecule has 0 fully saturated rings. The first-order valence-corrected chi connectivity index (χ1v) is 9.09. The fourth-order valence-corrected chi connectivity index (χ4v) is 2.77. The molecular weight excluding hydrogens is 380 g/mol. The van der Waals surface area contributed by atoms with Crippen LogP contribution in [-0.4, -0.2) is 17.2 Å². The summed E-state index contributed by atoms with van der Waals surface area (Å²) in [5, 5.41) is 3.29. The van der Waals surface area contributed by atoms with Gasteiger partial charge in [-0.2, -0.15) is 4.73 Å². The van der Waals surface area contributed by atoms with Crippen LogP contribution >= 0.6 is 11.6 Å². The molecule has 0 radical (unpaired) electrons. The molecule has 6 nitrogen and oxygen atoms in total. The number of hydrogen-bond donors (Lipinski definition) is 1. The van der Waals surface area contributed by atoms with Crippen molar-refractivity contribution in [2.24, 2.45) is 0 Å². The summed E-state index contributed by atoms with van der Waals surface area (Å²) in [6.45, 7) is 2.45. The van der Waals surface area contributed by atoms with Crippen LogP contribution in [-0.2, 0) is 6.61 Å². The number of carbonyl (C=O) groups is 1. The molecule has 1 amide bonds. The van der Waals surface area contributed by atoms with Crippen LogP contribution in [0.25, 0.3) is 0 Å². The third-order valence-electron chi connectivity index (χ3n) is 3.85. The molecule has 0 aliphatic carbocycles. The Bertz CT molecular complexity index is 1030. The number of nitrogens with zero attached hydrogens (tertiary/aromatic N) is 1. The van der Waals surface area contributed by atoms with Crippen molar-refractivity contribution in [2.75, 3.05) is 11.9 Å². The van der Waals surface area contributed by atoms with Crippen LogP contribution in [0.2, 0.25) is 5.02 Å². The molecule has 0 unspecified atom stereocenters. The summed E-state index contributed by atoms with van der Waals surface area (Å²) in [6, 6.07) is 17.2. The molecule has 144 valence electrons. The summed E-state index contributed by atoms with van der Waals surface area (Å²) < 4.78 is 6.52. The first kappa shape index (κ1) is 19.5. The van der Waals surface area contributed by atoms with Crippen LogP contribution in [0, 0.1) is 0 Å². The summed E-state index contributed by atoms with van der Waals surface area (Å²) in [5.74, 6) is -0.00956. The van der Waals surface area contributed by atoms with Crippen molar-refractivity contribution in [3.05, 3.63) is 93.4 Å². The third-order valence-corrected chi connectivity index (χ3v) is 4.09. The number of anilines is 1. The largest absolute Gasteiger partial charge is 0.492 e. The predicted octanol–water partition coefficient (Wildman–Crippen LogP) is 3.78. The van der Waals surface area contributed by atoms with Gasteiger partial charge in [-0.05, 0) is 48.9 Å². The van der Waals surface area contributed by atoms with Crippen LogP contribution in [0.3, 0.4) is 0 Å². The third kappa shape index (κ3) is 4.72. The highest BCUT2D eigenvalue weighted by molar-refractivity contribution is 6.30. The first-order valence-electron chi connectivity index (χ1n) is 8.71. The number of aromatic nitrogens is 1. The van der Waals surface area contributed by atoms with E-state index in [9.17, 15) is 9.59 Å². The molecule has 0 spiro atoms. The zero-order valence-electron chi connectivity index (χ0n) is 15.2. The molecule has 0 saturated heterocycles. The normalized spacial score (nSPS) is 10.4. The maximum atomic E-state index is 12.6. The average molecular weight is 399 g/mol. The molecule has 1 aromatic heterocycles. The van der Waals surface area contributed by atoms with E-state index in [-0.39, 0.29) is 12.2 Å². The number of pyridine rings is 1. The maximum absolute atomic E-state index is 12.6. The Morgan fingerprint density at radius 1 is 1.11 bits per heavy atom. The average Bonchev–Trinajstić information content (AvgIpc) is 2.69. The van der Waals surface area contributed by atoms with E-state index in [1.165, 1.54) is 12.3 Å². The smallest absolute Gasteiger partial charge is 0.295 e. The van der Waals surface area contributed by atoms with Gasteiger partial charge in [0.1, 0.15) is 17.9 Å². The molecule has 7 heteroatoms. The zero-order valence-corrected chi connectivity index (χ0v) is 16.0. The Hall–Kier alpha value is -3.25. The fraction of sp³-hybridized carbons (Fsp3) is 0.143. The van der Waals surface area contributed by atoms with Gasteiger partial charge in [-0.1, -0.05) is 35.9 Å². The van der Waals surface area contributed by atoms with Gasteiger partial charge >= 0.3 is 0 Å². The lowest BCUT2D eigenvalue weighted by Gasteiger charge is -2.12. The molecule has 1 N–H and O–H groups in total. The van der Waals surface area contributed by atoms with E-state index >= 15 is 0 Å². The van der Waals surface area contributed by atoms with E-state index < -0.39 is 11.5 Å². The quantitative estimate of drug-likeness (QED) is 0.657. The number of nitrogens with one attached hydrogen (secondary N) is 1. The molecule has 2 aromatic carbocycles. The second kappa shape index (κ2) is 9.10. The van der Waals surface area contributed by atoms with E-state index in [1.807, 2.05) is 13.0 Å². The molecular formula is C21H19ClN2O4. The number of para-hydroxylation sites is 2. The standard InChI is InChI=1S/C21H19ClN2O4/c1-2-27-19-11-4-3-10-18(19)23-20(25)17-9-6-12-24(21(17)26)28-14-15-7-5-8-16(22)13-15/h3-13H,2,14H2,1H3,(H,23,25). The van der Waals surface area contributed by atoms with Gasteiger partial charge in [0.25, 0.3) is 11.5 Å². The number of amides is 1. The summed E-state index contributed by atoms with van der Waals surface area (Å²) in [5.41, 5.74) is 0.694. The molecule has 0 saturated carbocycles. The Kier molecular flexibility index (Phi) is 6.34. The zero-order chi connectivity index (χ0) is 19.9. The van der Waals surface area contributed by atoms with Gasteiger partial charge in [0.05, 0.1) is 12.3 Å². The van der Waals surface area contributed by atoms with E-state index in [0.29, 0.717) is 23.1 Å². The number of rotatable bonds is 7. The van der Waals surface area contributed by atoms with E-state index in [4.69, 9.17) is 21.2 Å². The number of hydrogen-bond acceptors (Lipinski definition) is 4. The SMILES string of the molecule is CCOc1ccccc1NC(=O)c1cccn(OCc2cccc(Cl)c2)c1=O. The van der Waals surface area contributed by atoms with Gasteiger partial charge in [-0.25, -0.2) is 0 Å². The number of halogens is 1. The molecule has 1 heterocycles. The highest BCUT2D eigenvalue weighted by Crippen LogP contribution is 2.24. The van der Waals surface area contributed by atoms with Crippen molar-refractivity contribution in [3.8, 4) is 5.75 Å². The van der Waals surface area contributed by atoms with Crippen molar-refractivity contribution in [3.63, 3.8) is 0 Å². The predicted molar refractivity (Wildman–Crippen MR) is 108 cm³/mol. The van der Waals surface area contributed by atoms with E-state index in [1.54, 1.807) is 48.5 Å². The molecule has 0 atom stereocenters. The van der Waals surface area contributed by atoms with Crippen LogP contribution in [0.15, 0.2) is 71.7 Å². The Balaban J connectivity index is 1.77. The minimum Gasteiger partial charge on any atom is -0.492 e. The fourth-order valence-electron chi connectivity index (χ4n) is 2.56. The van der Waals surface area contributed by atoms with Crippen molar-refractivity contribution >= 4 is 23.2 Å². The summed E-state index contributed by atoms with van der Waals surface area (Å²) in [6.07, 6.45) is 1.46. The molecule has 3 rings (SSSR count). The van der Waals surface area contributed by atoms with Crippen molar-refractivity contribution in [1.82, 2.24) is 4.73 Å². The summed E-state index contributed by atoms with van der Waals surface area (Å²) >= 11 is 5.95. The maximum Gasteiger partial charge on any atom is 0.295 e. The van der Waals surface area contributed by atoms with Crippen LogP contribution in [0.4, 0.5) is 5.69 Å². The molecule has 0 bridgehead atoms. The van der Waals surface area contributed by atoms with Crippen LogP contribution in [0.5, 0.6) is 5.75 Å². The second-order valence-electron chi connectivity index (χ2n) is 5.84. The molecule has 28 heavy (non-hydrogen) atoms. The summed E-state index contributed by atoms with van der Waals surface area (Å²) in [4.78, 5) is 30.8. The van der Waals surface area contributed by atoms with Crippen LogP contribution in [0.1, 0.15) is 22.8 Å². The number of benzene rings is 2. The number of ether oxygens (including phenoxy) is 1. The van der Waals surface area contributed by atoms with E-state index in [0.717, 1.165) is 10.3 Å². The molecule has 0 aliphatic heterocycles. The van der Waals surface area contributed by atoms with Gasteiger partial charge in [0, 0.05) is 11.2 Å². The van der Waals surface area contributed by atoms with Gasteiger partial charge < -0.3 is 14.9 Å². The Morgan fingerprint density at radius 2 is 1.93 bits per heavy atom. The first-order chi connectivity index (χ1) is 13.6. The van der Waals surface area contributed by atoms with Crippen molar-refractivity contribution < 1.29 is 14.4 Å². The van der Waals surface area contributed by atoms with E-state index in [2.05, 4.69) is 5.32 Å². The minimum absolute atomic E-state index is 0.0418. The Morgan fingerprint density at radius 3 is 2.71 bits per heavy atom. The van der Waals surface area contributed by atoms with Crippen LogP contribution < -0.4 is 20.5 Å². The highest BCUT2D eigenvalue weighted by Gasteiger charge is 2.15. The highest BCUT2D eigenvalue weighted by atomic mass is 35.5. The lowest BCUT2D eigenvalue weighted by Crippen LogP contribution is -2.32. The Labute approximate surface area is 167 Å².